The first-order valence-electron chi connectivity index (χ1n) is 7.68. The number of anilines is 1. The number of aromatic nitrogens is 1. The average molecular weight is 277 g/mol. The number of aryl methyl sites for hydroxylation is 1. The molecule has 3 nitrogen and oxygen atoms in total. The van der Waals surface area contributed by atoms with E-state index in [2.05, 4.69) is 69.9 Å². The molecule has 0 unspecified atom stereocenters. The topological polar surface area (TPSA) is 28.2 Å². The average Bonchev–Trinajstić information content (AvgIpc) is 2.39. The first-order chi connectivity index (χ1) is 9.27. The molecule has 0 aromatic carbocycles. The van der Waals surface area contributed by atoms with Gasteiger partial charge in [-0.2, -0.15) is 0 Å². The second-order valence-electron chi connectivity index (χ2n) is 6.70. The second kappa shape index (κ2) is 7.07. The standard InChI is InChI=1S/C17H31N3/c1-8-17(5,6)20(7)16-9-14(4)19-12-15(16)11-18-10-13(2)3/h9,12-13,18H,8,10-11H2,1-7H3. The maximum absolute atomic E-state index is 4.46. The van der Waals surface area contributed by atoms with E-state index in [0.29, 0.717) is 5.92 Å². The van der Waals surface area contributed by atoms with Crippen LogP contribution in [0.25, 0.3) is 0 Å². The molecule has 1 N–H and O–H groups in total. The molecule has 0 saturated carbocycles. The van der Waals surface area contributed by atoms with Crippen LogP contribution in [0.2, 0.25) is 0 Å². The van der Waals surface area contributed by atoms with Gasteiger partial charge in [-0.3, -0.25) is 4.98 Å². The summed E-state index contributed by atoms with van der Waals surface area (Å²) in [4.78, 5) is 6.84. The summed E-state index contributed by atoms with van der Waals surface area (Å²) in [6.45, 7) is 15.2. The monoisotopic (exact) mass is 277 g/mol. The van der Waals surface area contributed by atoms with Crippen molar-refractivity contribution in [2.24, 2.45) is 5.92 Å². The normalized spacial score (nSPS) is 12.0. The Labute approximate surface area is 124 Å². The van der Waals surface area contributed by atoms with E-state index in [-0.39, 0.29) is 5.54 Å². The molecule has 0 aliphatic heterocycles. The smallest absolute Gasteiger partial charge is 0.0447 e. The maximum atomic E-state index is 4.46. The Morgan fingerprint density at radius 2 is 2.00 bits per heavy atom. The van der Waals surface area contributed by atoms with Crippen LogP contribution in [0.5, 0.6) is 0 Å². The number of hydrogen-bond donors (Lipinski definition) is 1. The SMILES string of the molecule is CCC(C)(C)N(C)c1cc(C)ncc1CNCC(C)C. The van der Waals surface area contributed by atoms with Crippen molar-refractivity contribution in [3.63, 3.8) is 0 Å². The maximum Gasteiger partial charge on any atom is 0.0447 e. The molecule has 20 heavy (non-hydrogen) atoms. The Bertz CT molecular complexity index is 424. The van der Waals surface area contributed by atoms with E-state index in [9.17, 15) is 0 Å². The zero-order chi connectivity index (χ0) is 15.3. The van der Waals surface area contributed by atoms with Crippen molar-refractivity contribution in [2.45, 2.75) is 60.0 Å². The van der Waals surface area contributed by atoms with Gasteiger partial charge in [-0.25, -0.2) is 0 Å². The Kier molecular flexibility index (Phi) is 6.00. The summed E-state index contributed by atoms with van der Waals surface area (Å²) < 4.78 is 0. The molecule has 0 aliphatic rings. The molecule has 0 amide bonds. The summed E-state index contributed by atoms with van der Waals surface area (Å²) in [5.74, 6) is 0.668. The lowest BCUT2D eigenvalue weighted by Crippen LogP contribution is -2.41. The number of nitrogens with one attached hydrogen (secondary N) is 1. The van der Waals surface area contributed by atoms with Crippen molar-refractivity contribution in [2.75, 3.05) is 18.5 Å². The van der Waals surface area contributed by atoms with E-state index in [1.165, 1.54) is 11.3 Å². The molecule has 114 valence electrons. The van der Waals surface area contributed by atoms with Gasteiger partial charge in [-0.1, -0.05) is 20.8 Å². The zero-order valence-electron chi connectivity index (χ0n) is 14.2. The van der Waals surface area contributed by atoms with Gasteiger partial charge in [-0.05, 0) is 45.7 Å². The van der Waals surface area contributed by atoms with Crippen LogP contribution < -0.4 is 10.2 Å². The van der Waals surface area contributed by atoms with Crippen molar-refractivity contribution < 1.29 is 0 Å². The second-order valence-corrected chi connectivity index (χ2v) is 6.70. The Hall–Kier alpha value is -1.09. The summed E-state index contributed by atoms with van der Waals surface area (Å²) in [5.41, 5.74) is 3.80. The molecule has 0 aliphatic carbocycles. The summed E-state index contributed by atoms with van der Waals surface area (Å²) in [6.07, 6.45) is 3.13. The predicted molar refractivity (Wildman–Crippen MR) is 88.3 cm³/mol. The van der Waals surface area contributed by atoms with Gasteiger partial charge in [0.15, 0.2) is 0 Å². The highest BCUT2D eigenvalue weighted by Crippen LogP contribution is 2.28. The van der Waals surface area contributed by atoms with E-state index in [1.807, 2.05) is 6.20 Å². The highest BCUT2D eigenvalue weighted by molar-refractivity contribution is 5.54. The van der Waals surface area contributed by atoms with Gasteiger partial charge in [0.25, 0.3) is 0 Å². The van der Waals surface area contributed by atoms with E-state index >= 15 is 0 Å². The van der Waals surface area contributed by atoms with Crippen LogP contribution in [0, 0.1) is 12.8 Å². The molecule has 0 fully saturated rings. The number of rotatable bonds is 7. The third-order valence-electron chi connectivity index (χ3n) is 4.10. The predicted octanol–water partition coefficient (Wildman–Crippen LogP) is 3.76. The fraction of sp³-hybridized carbons (Fsp3) is 0.706. The lowest BCUT2D eigenvalue weighted by atomic mass is 9.98. The van der Waals surface area contributed by atoms with Gasteiger partial charge in [0, 0.05) is 42.3 Å². The third-order valence-corrected chi connectivity index (χ3v) is 4.10. The van der Waals surface area contributed by atoms with E-state index in [4.69, 9.17) is 0 Å². The molecule has 0 saturated heterocycles. The highest BCUT2D eigenvalue weighted by atomic mass is 15.2. The quantitative estimate of drug-likeness (QED) is 0.822. The van der Waals surface area contributed by atoms with Crippen LogP contribution in [0.3, 0.4) is 0 Å². The minimum absolute atomic E-state index is 0.153. The summed E-state index contributed by atoms with van der Waals surface area (Å²) in [5, 5.41) is 3.52. The molecule has 0 spiro atoms. The minimum Gasteiger partial charge on any atom is -0.369 e. The molecular formula is C17H31N3. The Morgan fingerprint density at radius 1 is 1.35 bits per heavy atom. The molecule has 1 aromatic rings. The van der Waals surface area contributed by atoms with Crippen LogP contribution >= 0.6 is 0 Å². The van der Waals surface area contributed by atoms with E-state index < -0.39 is 0 Å². The summed E-state index contributed by atoms with van der Waals surface area (Å²) in [7, 11) is 2.18. The number of hydrogen-bond acceptors (Lipinski definition) is 3. The van der Waals surface area contributed by atoms with Crippen molar-refractivity contribution in [3.8, 4) is 0 Å². The van der Waals surface area contributed by atoms with Crippen LogP contribution in [0.15, 0.2) is 12.3 Å². The third kappa shape index (κ3) is 4.48. The molecular weight excluding hydrogens is 246 g/mol. The first-order valence-corrected chi connectivity index (χ1v) is 7.68. The fourth-order valence-corrected chi connectivity index (χ4v) is 2.08. The fourth-order valence-electron chi connectivity index (χ4n) is 2.08. The lowest BCUT2D eigenvalue weighted by Gasteiger charge is -2.38. The summed E-state index contributed by atoms with van der Waals surface area (Å²) >= 11 is 0. The van der Waals surface area contributed by atoms with Crippen molar-refractivity contribution in [1.29, 1.82) is 0 Å². The van der Waals surface area contributed by atoms with Gasteiger partial charge in [-0.15, -0.1) is 0 Å². The number of pyridine rings is 1. The van der Waals surface area contributed by atoms with Crippen molar-refractivity contribution in [3.05, 3.63) is 23.5 Å². The van der Waals surface area contributed by atoms with Gasteiger partial charge in [0.05, 0.1) is 0 Å². The highest BCUT2D eigenvalue weighted by Gasteiger charge is 2.23. The molecule has 1 rings (SSSR count). The van der Waals surface area contributed by atoms with Gasteiger partial charge < -0.3 is 10.2 Å². The molecule has 1 aromatic heterocycles. The van der Waals surface area contributed by atoms with Crippen LogP contribution in [-0.4, -0.2) is 24.1 Å². The Balaban J connectivity index is 2.95. The largest absolute Gasteiger partial charge is 0.369 e. The minimum atomic E-state index is 0.153. The number of nitrogens with zero attached hydrogens (tertiary/aromatic N) is 2. The van der Waals surface area contributed by atoms with Gasteiger partial charge in [0.2, 0.25) is 0 Å². The van der Waals surface area contributed by atoms with Crippen molar-refractivity contribution in [1.82, 2.24) is 10.3 Å². The van der Waals surface area contributed by atoms with Gasteiger partial charge in [0.1, 0.15) is 0 Å². The van der Waals surface area contributed by atoms with Crippen LogP contribution in [0.4, 0.5) is 5.69 Å². The van der Waals surface area contributed by atoms with E-state index in [0.717, 1.165) is 25.2 Å². The lowest BCUT2D eigenvalue weighted by molar-refractivity contribution is 0.468. The molecule has 0 radical (unpaired) electrons. The van der Waals surface area contributed by atoms with Crippen LogP contribution in [-0.2, 0) is 6.54 Å². The van der Waals surface area contributed by atoms with E-state index in [1.54, 1.807) is 0 Å². The summed E-state index contributed by atoms with van der Waals surface area (Å²) in [6, 6.07) is 2.20. The van der Waals surface area contributed by atoms with Gasteiger partial charge >= 0.3 is 0 Å². The molecule has 0 bridgehead atoms. The molecule has 3 heteroatoms. The molecule has 1 heterocycles. The first kappa shape index (κ1) is 17.0. The zero-order valence-corrected chi connectivity index (χ0v) is 14.2. The van der Waals surface area contributed by atoms with Crippen molar-refractivity contribution >= 4 is 5.69 Å². The Morgan fingerprint density at radius 3 is 2.55 bits per heavy atom. The molecule has 0 atom stereocenters. The van der Waals surface area contributed by atoms with Crippen LogP contribution in [0.1, 0.15) is 52.3 Å².